The summed E-state index contributed by atoms with van der Waals surface area (Å²) in [6, 6.07) is 0. The third-order valence-electron chi connectivity index (χ3n) is 1.22. The standard InChI is InChI=1S/C4H6N4/c1-2-8-4(5-1)6-3-7-8/h3H,1-2H2,(H,5,6,7). The van der Waals surface area contributed by atoms with Crippen LogP contribution in [-0.4, -0.2) is 21.3 Å². The second-order valence-electron chi connectivity index (χ2n) is 1.73. The first-order valence-corrected chi connectivity index (χ1v) is 2.58. The fourth-order valence-corrected chi connectivity index (χ4v) is 0.838. The van der Waals surface area contributed by atoms with E-state index < -0.39 is 0 Å². The van der Waals surface area contributed by atoms with Crippen LogP contribution in [0.2, 0.25) is 0 Å². The summed E-state index contributed by atoms with van der Waals surface area (Å²) < 4.78 is 1.85. The van der Waals surface area contributed by atoms with Crippen molar-refractivity contribution in [1.82, 2.24) is 14.8 Å². The van der Waals surface area contributed by atoms with Crippen LogP contribution in [0.5, 0.6) is 0 Å². The number of hydrogen-bond donors (Lipinski definition) is 1. The van der Waals surface area contributed by atoms with Crippen molar-refractivity contribution in [1.29, 1.82) is 0 Å². The molecule has 0 aromatic carbocycles. The van der Waals surface area contributed by atoms with Crippen molar-refractivity contribution < 1.29 is 0 Å². The summed E-state index contributed by atoms with van der Waals surface area (Å²) in [5, 5.41) is 7.01. The molecule has 2 heterocycles. The Morgan fingerprint density at radius 3 is 3.62 bits per heavy atom. The minimum atomic E-state index is 0.894. The van der Waals surface area contributed by atoms with Crippen LogP contribution in [0.25, 0.3) is 0 Å². The first-order chi connectivity index (χ1) is 3.97. The van der Waals surface area contributed by atoms with E-state index in [1.54, 1.807) is 6.33 Å². The second-order valence-corrected chi connectivity index (χ2v) is 1.73. The lowest BCUT2D eigenvalue weighted by atomic mass is 10.7. The first kappa shape index (κ1) is 3.88. The van der Waals surface area contributed by atoms with Crippen LogP contribution < -0.4 is 5.32 Å². The Hall–Kier alpha value is -1.06. The van der Waals surface area contributed by atoms with Gasteiger partial charge in [0.05, 0.1) is 6.54 Å². The maximum absolute atomic E-state index is 3.94. The lowest BCUT2D eigenvalue weighted by molar-refractivity contribution is 0.696. The number of anilines is 1. The maximum atomic E-state index is 3.94. The van der Waals surface area contributed by atoms with E-state index in [2.05, 4.69) is 15.4 Å². The molecule has 1 aromatic rings. The Balaban J connectivity index is 2.54. The minimum absolute atomic E-state index is 0.894. The fourth-order valence-electron chi connectivity index (χ4n) is 0.838. The largest absolute Gasteiger partial charge is 0.353 e. The molecule has 0 unspecified atom stereocenters. The Morgan fingerprint density at radius 1 is 1.75 bits per heavy atom. The molecule has 0 fully saturated rings. The Labute approximate surface area is 46.5 Å². The number of hydrogen-bond acceptors (Lipinski definition) is 3. The molecule has 1 aromatic heterocycles. The molecule has 4 heteroatoms. The third kappa shape index (κ3) is 0.344. The average molecular weight is 110 g/mol. The van der Waals surface area contributed by atoms with Gasteiger partial charge in [0, 0.05) is 6.54 Å². The van der Waals surface area contributed by atoms with Crippen molar-refractivity contribution in [2.75, 3.05) is 11.9 Å². The van der Waals surface area contributed by atoms with Crippen LogP contribution in [0.4, 0.5) is 5.95 Å². The molecule has 0 aliphatic carbocycles. The van der Waals surface area contributed by atoms with E-state index in [-0.39, 0.29) is 0 Å². The van der Waals surface area contributed by atoms with Crippen molar-refractivity contribution in [3.63, 3.8) is 0 Å². The van der Waals surface area contributed by atoms with Crippen LogP contribution in [0.15, 0.2) is 6.33 Å². The highest BCUT2D eigenvalue weighted by molar-refractivity contribution is 5.26. The molecular weight excluding hydrogens is 104 g/mol. The van der Waals surface area contributed by atoms with E-state index in [1.165, 1.54) is 0 Å². The summed E-state index contributed by atoms with van der Waals surface area (Å²) in [6.07, 6.45) is 1.56. The van der Waals surface area contributed by atoms with Gasteiger partial charge in [0.2, 0.25) is 5.95 Å². The van der Waals surface area contributed by atoms with Gasteiger partial charge in [-0.25, -0.2) is 4.68 Å². The number of aromatic nitrogens is 3. The molecule has 0 amide bonds. The second kappa shape index (κ2) is 1.21. The zero-order chi connectivity index (χ0) is 5.40. The maximum Gasteiger partial charge on any atom is 0.221 e. The molecule has 0 atom stereocenters. The van der Waals surface area contributed by atoms with Gasteiger partial charge in [-0.2, -0.15) is 10.1 Å². The highest BCUT2D eigenvalue weighted by Crippen LogP contribution is 2.05. The quantitative estimate of drug-likeness (QED) is 0.498. The van der Waals surface area contributed by atoms with Crippen LogP contribution >= 0.6 is 0 Å². The minimum Gasteiger partial charge on any atom is -0.353 e. The Bertz CT molecular complexity index is 173. The van der Waals surface area contributed by atoms with Gasteiger partial charge >= 0.3 is 0 Å². The van der Waals surface area contributed by atoms with E-state index >= 15 is 0 Å². The zero-order valence-electron chi connectivity index (χ0n) is 4.33. The van der Waals surface area contributed by atoms with E-state index in [0.29, 0.717) is 0 Å². The Kier molecular flexibility index (Phi) is 0.588. The molecule has 1 aliphatic rings. The molecule has 0 spiro atoms. The molecule has 4 nitrogen and oxygen atoms in total. The SMILES string of the molecule is c1nc2n(n1)CCN2. The van der Waals surface area contributed by atoms with Gasteiger partial charge in [-0.3, -0.25) is 0 Å². The van der Waals surface area contributed by atoms with E-state index in [4.69, 9.17) is 0 Å². The molecule has 1 N–H and O–H groups in total. The van der Waals surface area contributed by atoms with Crippen molar-refractivity contribution >= 4 is 5.95 Å². The monoisotopic (exact) mass is 110 g/mol. The van der Waals surface area contributed by atoms with Crippen LogP contribution in [0.3, 0.4) is 0 Å². The molecule has 0 saturated carbocycles. The van der Waals surface area contributed by atoms with Gasteiger partial charge in [-0.05, 0) is 0 Å². The lowest BCUT2D eigenvalue weighted by Gasteiger charge is -1.84. The first-order valence-electron chi connectivity index (χ1n) is 2.58. The predicted molar refractivity (Wildman–Crippen MR) is 28.5 cm³/mol. The molecule has 1 aliphatic heterocycles. The summed E-state index contributed by atoms with van der Waals surface area (Å²) in [4.78, 5) is 3.94. The highest BCUT2D eigenvalue weighted by atomic mass is 15.4. The predicted octanol–water partition coefficient (Wildman–Crippen LogP) is -0.296. The molecule has 0 bridgehead atoms. The van der Waals surface area contributed by atoms with Gasteiger partial charge in [0.15, 0.2) is 0 Å². The van der Waals surface area contributed by atoms with Crippen molar-refractivity contribution in [3.8, 4) is 0 Å². The van der Waals surface area contributed by atoms with E-state index in [0.717, 1.165) is 19.0 Å². The summed E-state index contributed by atoms with van der Waals surface area (Å²) in [6.45, 7) is 1.92. The van der Waals surface area contributed by atoms with Crippen LogP contribution in [-0.2, 0) is 6.54 Å². The number of nitrogens with zero attached hydrogens (tertiary/aromatic N) is 3. The Morgan fingerprint density at radius 2 is 2.75 bits per heavy atom. The van der Waals surface area contributed by atoms with Gasteiger partial charge in [-0.15, -0.1) is 0 Å². The molecular formula is C4H6N4. The smallest absolute Gasteiger partial charge is 0.221 e. The van der Waals surface area contributed by atoms with Gasteiger partial charge < -0.3 is 5.32 Å². The molecule has 0 saturated heterocycles. The molecule has 0 radical (unpaired) electrons. The van der Waals surface area contributed by atoms with Crippen molar-refractivity contribution in [3.05, 3.63) is 6.33 Å². The van der Waals surface area contributed by atoms with Crippen molar-refractivity contribution in [2.24, 2.45) is 0 Å². The average Bonchev–Trinajstić information content (AvgIpc) is 2.15. The highest BCUT2D eigenvalue weighted by Gasteiger charge is 2.08. The number of rotatable bonds is 0. The van der Waals surface area contributed by atoms with Gasteiger partial charge in [0.1, 0.15) is 6.33 Å². The zero-order valence-corrected chi connectivity index (χ0v) is 4.33. The summed E-state index contributed by atoms with van der Waals surface area (Å²) in [7, 11) is 0. The van der Waals surface area contributed by atoms with Crippen LogP contribution in [0.1, 0.15) is 0 Å². The fraction of sp³-hybridized carbons (Fsp3) is 0.500. The normalized spacial score (nSPS) is 15.5. The topological polar surface area (TPSA) is 42.7 Å². The molecule has 42 valence electrons. The number of fused-ring (bicyclic) bond motifs is 1. The molecule has 8 heavy (non-hydrogen) atoms. The summed E-state index contributed by atoms with van der Waals surface area (Å²) in [5.41, 5.74) is 0. The summed E-state index contributed by atoms with van der Waals surface area (Å²) in [5.74, 6) is 0.894. The third-order valence-corrected chi connectivity index (χ3v) is 1.22. The van der Waals surface area contributed by atoms with E-state index in [9.17, 15) is 0 Å². The van der Waals surface area contributed by atoms with E-state index in [1.807, 2.05) is 4.68 Å². The van der Waals surface area contributed by atoms with Crippen molar-refractivity contribution in [2.45, 2.75) is 6.54 Å². The van der Waals surface area contributed by atoms with Gasteiger partial charge in [-0.1, -0.05) is 0 Å². The van der Waals surface area contributed by atoms with Gasteiger partial charge in [0.25, 0.3) is 0 Å². The number of nitrogens with one attached hydrogen (secondary N) is 1. The molecule has 2 rings (SSSR count). The lowest BCUT2D eigenvalue weighted by Crippen LogP contribution is -1.94. The summed E-state index contributed by atoms with van der Waals surface area (Å²) >= 11 is 0. The van der Waals surface area contributed by atoms with Crippen LogP contribution in [0, 0.1) is 0 Å².